The smallest absolute Gasteiger partial charge is 0.377 e. The summed E-state index contributed by atoms with van der Waals surface area (Å²) in [5.74, 6) is -0.801. The Morgan fingerprint density at radius 2 is 1.84 bits per heavy atom. The Hall–Kier alpha value is -2.35. The lowest BCUT2D eigenvalue weighted by atomic mass is 10.0. The maximum absolute atomic E-state index is 14.0. The highest BCUT2D eigenvalue weighted by Crippen LogP contribution is 2.34. The average molecular weight is 369 g/mol. The molecule has 2 aromatic carbocycles. The van der Waals surface area contributed by atoms with Gasteiger partial charge in [0.1, 0.15) is 5.82 Å². The third-order valence-corrected chi connectivity index (χ3v) is 4.10. The van der Waals surface area contributed by atoms with E-state index in [2.05, 4.69) is 10.2 Å². The van der Waals surface area contributed by atoms with E-state index < -0.39 is 17.6 Å². The van der Waals surface area contributed by atoms with Crippen molar-refractivity contribution in [1.29, 1.82) is 0 Å². The number of amidine groups is 1. The molecule has 25 heavy (non-hydrogen) atoms. The minimum atomic E-state index is -4.77. The van der Waals surface area contributed by atoms with Gasteiger partial charge in [0.25, 0.3) is 0 Å². The molecular weight excluding hydrogens is 354 g/mol. The molecule has 0 radical (unpaired) electrons. The Labute approximate surface area is 146 Å². The van der Waals surface area contributed by atoms with Crippen molar-refractivity contribution >= 4 is 23.1 Å². The molecule has 0 aromatic heterocycles. The zero-order valence-corrected chi connectivity index (χ0v) is 14.0. The molecule has 0 amide bonds. The standard InChI is InChI=1S/C17H15F4N3S/c1-11-7-8-13(15(18)14(11)17(19,20)21)9-23-24-16(22)25-10-12-5-3-2-4-6-12/h2-9H,10H2,1H3,(H2,22,24). The van der Waals surface area contributed by atoms with E-state index in [9.17, 15) is 17.6 Å². The molecule has 0 fully saturated rings. The first-order valence-electron chi connectivity index (χ1n) is 7.18. The van der Waals surface area contributed by atoms with Gasteiger partial charge in [0.2, 0.25) is 0 Å². The van der Waals surface area contributed by atoms with E-state index in [0.29, 0.717) is 5.75 Å². The van der Waals surface area contributed by atoms with Gasteiger partial charge in [0, 0.05) is 11.3 Å². The molecule has 0 atom stereocenters. The van der Waals surface area contributed by atoms with Crippen LogP contribution in [0.25, 0.3) is 0 Å². The van der Waals surface area contributed by atoms with E-state index in [4.69, 9.17) is 5.73 Å². The molecule has 0 aliphatic heterocycles. The molecule has 2 rings (SSSR count). The topological polar surface area (TPSA) is 50.7 Å². The van der Waals surface area contributed by atoms with Gasteiger partial charge in [0.15, 0.2) is 5.17 Å². The van der Waals surface area contributed by atoms with Crippen LogP contribution in [0.15, 0.2) is 52.7 Å². The number of nitrogens with two attached hydrogens (primary N) is 1. The molecule has 0 saturated carbocycles. The Morgan fingerprint density at radius 1 is 1.16 bits per heavy atom. The summed E-state index contributed by atoms with van der Waals surface area (Å²) in [6, 6.07) is 11.9. The highest BCUT2D eigenvalue weighted by molar-refractivity contribution is 8.13. The number of nitrogens with zero attached hydrogens (tertiary/aromatic N) is 2. The Balaban J connectivity index is 2.09. The van der Waals surface area contributed by atoms with Gasteiger partial charge < -0.3 is 5.73 Å². The summed E-state index contributed by atoms with van der Waals surface area (Å²) in [5, 5.41) is 7.37. The van der Waals surface area contributed by atoms with Gasteiger partial charge in [-0.2, -0.15) is 18.3 Å². The van der Waals surface area contributed by atoms with Gasteiger partial charge in [-0.25, -0.2) is 4.39 Å². The minimum absolute atomic E-state index is 0.128. The van der Waals surface area contributed by atoms with Crippen molar-refractivity contribution in [1.82, 2.24) is 0 Å². The van der Waals surface area contributed by atoms with Crippen LogP contribution in [0.1, 0.15) is 22.3 Å². The maximum atomic E-state index is 14.0. The fourth-order valence-electron chi connectivity index (χ4n) is 2.04. The first-order chi connectivity index (χ1) is 11.8. The molecule has 132 valence electrons. The number of hydrogen-bond acceptors (Lipinski definition) is 3. The molecule has 8 heteroatoms. The Morgan fingerprint density at radius 3 is 2.48 bits per heavy atom. The fraction of sp³-hybridized carbons (Fsp3) is 0.176. The average Bonchev–Trinajstić information content (AvgIpc) is 2.55. The maximum Gasteiger partial charge on any atom is 0.419 e. The van der Waals surface area contributed by atoms with Crippen molar-refractivity contribution in [2.45, 2.75) is 18.9 Å². The summed E-state index contributed by atoms with van der Waals surface area (Å²) in [4.78, 5) is 0. The molecule has 0 saturated heterocycles. The third-order valence-electron chi connectivity index (χ3n) is 3.25. The Bertz CT molecular complexity index is 786. The van der Waals surface area contributed by atoms with Crippen LogP contribution in [-0.2, 0) is 11.9 Å². The first-order valence-corrected chi connectivity index (χ1v) is 8.17. The quantitative estimate of drug-likeness (QED) is 0.366. The Kier molecular flexibility index (Phi) is 6.19. The second-order valence-corrected chi connectivity index (χ2v) is 6.11. The van der Waals surface area contributed by atoms with Gasteiger partial charge >= 0.3 is 6.18 Å². The van der Waals surface area contributed by atoms with Crippen LogP contribution in [-0.4, -0.2) is 11.4 Å². The van der Waals surface area contributed by atoms with Gasteiger partial charge in [-0.15, -0.1) is 5.10 Å². The number of hydrogen-bond donors (Lipinski definition) is 1. The van der Waals surface area contributed by atoms with Crippen molar-refractivity contribution in [2.75, 3.05) is 0 Å². The van der Waals surface area contributed by atoms with E-state index in [-0.39, 0.29) is 16.3 Å². The van der Waals surface area contributed by atoms with E-state index in [1.54, 1.807) is 0 Å². The molecule has 0 aliphatic carbocycles. The SMILES string of the molecule is Cc1ccc(C=NN=C(N)SCc2ccccc2)c(F)c1C(F)(F)F. The molecule has 0 heterocycles. The van der Waals surface area contributed by atoms with E-state index in [1.807, 2.05) is 30.3 Å². The molecule has 0 aliphatic rings. The van der Waals surface area contributed by atoms with Crippen molar-refractivity contribution in [3.63, 3.8) is 0 Å². The van der Waals surface area contributed by atoms with Crippen molar-refractivity contribution in [2.24, 2.45) is 15.9 Å². The number of halogens is 4. The second-order valence-electron chi connectivity index (χ2n) is 5.12. The largest absolute Gasteiger partial charge is 0.419 e. The molecular formula is C17H15F4N3S. The van der Waals surface area contributed by atoms with Crippen molar-refractivity contribution in [3.8, 4) is 0 Å². The monoisotopic (exact) mass is 369 g/mol. The van der Waals surface area contributed by atoms with Gasteiger partial charge in [-0.3, -0.25) is 0 Å². The second kappa shape index (κ2) is 8.15. The van der Waals surface area contributed by atoms with E-state index in [1.165, 1.54) is 30.8 Å². The molecule has 0 spiro atoms. The predicted molar refractivity (Wildman–Crippen MR) is 93.1 cm³/mol. The van der Waals surface area contributed by atoms with Crippen LogP contribution < -0.4 is 5.73 Å². The van der Waals surface area contributed by atoms with Crippen molar-refractivity contribution in [3.05, 3.63) is 70.5 Å². The lowest BCUT2D eigenvalue weighted by Crippen LogP contribution is -2.12. The van der Waals surface area contributed by atoms with Crippen LogP contribution in [0.2, 0.25) is 0 Å². The lowest BCUT2D eigenvalue weighted by molar-refractivity contribution is -0.140. The van der Waals surface area contributed by atoms with Crippen LogP contribution in [0.3, 0.4) is 0 Å². The van der Waals surface area contributed by atoms with Crippen LogP contribution >= 0.6 is 11.8 Å². The normalized spacial score (nSPS) is 12.8. The van der Waals surface area contributed by atoms with Gasteiger partial charge in [0.05, 0.1) is 11.8 Å². The summed E-state index contributed by atoms with van der Waals surface area (Å²) < 4.78 is 52.6. The molecule has 0 bridgehead atoms. The summed E-state index contributed by atoms with van der Waals surface area (Å²) in [6.07, 6.45) is -3.86. The van der Waals surface area contributed by atoms with Gasteiger partial charge in [-0.05, 0) is 18.1 Å². The summed E-state index contributed by atoms with van der Waals surface area (Å²) in [6.45, 7) is 1.20. The van der Waals surface area contributed by atoms with E-state index >= 15 is 0 Å². The predicted octanol–water partition coefficient (Wildman–Crippen LogP) is 4.73. The lowest BCUT2D eigenvalue weighted by Gasteiger charge is -2.12. The fourth-order valence-corrected chi connectivity index (χ4v) is 2.66. The van der Waals surface area contributed by atoms with Crippen LogP contribution in [0.4, 0.5) is 17.6 Å². The number of benzene rings is 2. The highest BCUT2D eigenvalue weighted by Gasteiger charge is 2.36. The number of alkyl halides is 3. The number of thioether (sulfide) groups is 1. The van der Waals surface area contributed by atoms with Crippen LogP contribution in [0, 0.1) is 12.7 Å². The zero-order chi connectivity index (χ0) is 18.4. The molecule has 2 N–H and O–H groups in total. The first kappa shape index (κ1) is 19.0. The zero-order valence-electron chi connectivity index (χ0n) is 13.2. The van der Waals surface area contributed by atoms with Gasteiger partial charge in [-0.1, -0.05) is 54.2 Å². The third kappa shape index (κ3) is 5.32. The molecule has 2 aromatic rings. The summed E-state index contributed by atoms with van der Waals surface area (Å²) >= 11 is 1.22. The number of rotatable bonds is 4. The summed E-state index contributed by atoms with van der Waals surface area (Å²) in [5.41, 5.74) is 4.92. The molecule has 0 unspecified atom stereocenters. The van der Waals surface area contributed by atoms with E-state index in [0.717, 1.165) is 11.8 Å². The van der Waals surface area contributed by atoms with Crippen molar-refractivity contribution < 1.29 is 17.6 Å². The minimum Gasteiger partial charge on any atom is -0.377 e. The number of aryl methyl sites for hydroxylation is 1. The summed E-state index contributed by atoms with van der Waals surface area (Å²) in [7, 11) is 0. The van der Waals surface area contributed by atoms with Crippen LogP contribution in [0.5, 0.6) is 0 Å². The molecule has 3 nitrogen and oxygen atoms in total. The highest BCUT2D eigenvalue weighted by atomic mass is 32.2.